The number of aromatic nitrogens is 1. The normalized spacial score (nSPS) is 24.7. The summed E-state index contributed by atoms with van der Waals surface area (Å²) < 4.78 is 0. The Hall–Kier alpha value is -1.95. The minimum atomic E-state index is -0.0128. The molecule has 3 heterocycles. The first-order valence-corrected chi connectivity index (χ1v) is 11.4. The molecule has 0 aromatic carbocycles. The van der Waals surface area contributed by atoms with Gasteiger partial charge in [-0.3, -0.25) is 19.5 Å². The van der Waals surface area contributed by atoms with Gasteiger partial charge in [-0.15, -0.1) is 0 Å². The Morgan fingerprint density at radius 3 is 2.59 bits per heavy atom. The average Bonchev–Trinajstić information content (AvgIpc) is 2.77. The summed E-state index contributed by atoms with van der Waals surface area (Å²) in [4.78, 5) is 36.1. The molecule has 3 fully saturated rings. The molecule has 0 N–H and O–H groups in total. The van der Waals surface area contributed by atoms with Gasteiger partial charge in [0.25, 0.3) is 0 Å². The molecule has 158 valence electrons. The van der Waals surface area contributed by atoms with Gasteiger partial charge in [0.15, 0.2) is 0 Å². The lowest BCUT2D eigenvalue weighted by atomic mass is 9.87. The molecule has 2 amide bonds. The van der Waals surface area contributed by atoms with Gasteiger partial charge in [0, 0.05) is 64.6 Å². The molecule has 6 nitrogen and oxygen atoms in total. The first-order chi connectivity index (χ1) is 14.2. The van der Waals surface area contributed by atoms with Crippen molar-refractivity contribution in [3.05, 3.63) is 30.1 Å². The summed E-state index contributed by atoms with van der Waals surface area (Å²) in [6.45, 7) is 5.75. The summed E-state index contributed by atoms with van der Waals surface area (Å²) in [6, 6.07) is 4.07. The second-order valence-corrected chi connectivity index (χ2v) is 9.00. The molecule has 1 saturated carbocycles. The van der Waals surface area contributed by atoms with E-state index in [9.17, 15) is 9.59 Å². The van der Waals surface area contributed by atoms with Gasteiger partial charge in [-0.05, 0) is 36.8 Å². The molecular formula is C23H34N4O2. The number of pyridine rings is 1. The summed E-state index contributed by atoms with van der Waals surface area (Å²) in [6.07, 6.45) is 11.3. The van der Waals surface area contributed by atoms with Crippen molar-refractivity contribution < 1.29 is 9.59 Å². The van der Waals surface area contributed by atoms with Crippen LogP contribution in [0.5, 0.6) is 0 Å². The standard InChI is InChI=1S/C23H34N4O2/c28-22-9-8-21(18-27(22)17-19-5-2-1-3-6-19)23(29)26-13-11-25(12-14-26)16-20-7-4-10-24-15-20/h4,7,10,15,19,21H,1-3,5-6,8-9,11-14,16-18H2. The summed E-state index contributed by atoms with van der Waals surface area (Å²) in [5, 5.41) is 0. The monoisotopic (exact) mass is 398 g/mol. The van der Waals surface area contributed by atoms with E-state index in [1.54, 1.807) is 6.20 Å². The van der Waals surface area contributed by atoms with Crippen molar-refractivity contribution >= 4 is 11.8 Å². The number of piperazine rings is 1. The fourth-order valence-corrected chi connectivity index (χ4v) is 5.11. The van der Waals surface area contributed by atoms with Crippen LogP contribution in [0.4, 0.5) is 0 Å². The van der Waals surface area contributed by atoms with Crippen LogP contribution in [0.3, 0.4) is 0 Å². The van der Waals surface area contributed by atoms with Gasteiger partial charge in [-0.1, -0.05) is 25.3 Å². The Morgan fingerprint density at radius 2 is 1.86 bits per heavy atom. The number of nitrogens with zero attached hydrogens (tertiary/aromatic N) is 4. The number of rotatable bonds is 5. The molecule has 1 atom stereocenters. The molecule has 1 unspecified atom stereocenters. The Labute approximate surface area is 174 Å². The first kappa shape index (κ1) is 20.3. The molecule has 1 aromatic rings. The topological polar surface area (TPSA) is 56.8 Å². The molecule has 0 bridgehead atoms. The Bertz CT molecular complexity index is 681. The van der Waals surface area contributed by atoms with E-state index in [1.165, 1.54) is 37.7 Å². The predicted octanol–water partition coefficient (Wildman–Crippen LogP) is 2.54. The zero-order chi connectivity index (χ0) is 20.1. The van der Waals surface area contributed by atoms with Gasteiger partial charge in [-0.2, -0.15) is 0 Å². The lowest BCUT2D eigenvalue weighted by molar-refractivity contribution is -0.144. The molecule has 1 aliphatic carbocycles. The molecule has 0 spiro atoms. The molecule has 0 radical (unpaired) electrons. The van der Waals surface area contributed by atoms with Crippen molar-refractivity contribution in [1.29, 1.82) is 0 Å². The van der Waals surface area contributed by atoms with E-state index in [4.69, 9.17) is 0 Å². The molecule has 3 aliphatic rings. The van der Waals surface area contributed by atoms with E-state index < -0.39 is 0 Å². The number of carbonyl (C=O) groups excluding carboxylic acids is 2. The molecular weight excluding hydrogens is 364 g/mol. The van der Waals surface area contributed by atoms with Gasteiger partial charge in [-0.25, -0.2) is 0 Å². The van der Waals surface area contributed by atoms with Crippen LogP contribution >= 0.6 is 0 Å². The predicted molar refractivity (Wildman–Crippen MR) is 112 cm³/mol. The minimum absolute atomic E-state index is 0.0128. The van der Waals surface area contributed by atoms with Gasteiger partial charge in [0.05, 0.1) is 5.92 Å². The number of piperidine rings is 1. The second-order valence-electron chi connectivity index (χ2n) is 9.00. The highest BCUT2D eigenvalue weighted by molar-refractivity contribution is 5.84. The lowest BCUT2D eigenvalue weighted by Gasteiger charge is -2.40. The van der Waals surface area contributed by atoms with Crippen molar-refractivity contribution in [2.24, 2.45) is 11.8 Å². The van der Waals surface area contributed by atoms with E-state index in [0.29, 0.717) is 25.3 Å². The molecule has 29 heavy (non-hydrogen) atoms. The molecule has 1 aromatic heterocycles. The number of hydrogen-bond acceptors (Lipinski definition) is 4. The third kappa shape index (κ3) is 5.35. The first-order valence-electron chi connectivity index (χ1n) is 11.4. The fraction of sp³-hybridized carbons (Fsp3) is 0.696. The van der Waals surface area contributed by atoms with Gasteiger partial charge in [0.1, 0.15) is 0 Å². The Morgan fingerprint density at radius 1 is 1.07 bits per heavy atom. The number of amides is 2. The Kier molecular flexibility index (Phi) is 6.80. The largest absolute Gasteiger partial charge is 0.342 e. The summed E-state index contributed by atoms with van der Waals surface area (Å²) in [5.41, 5.74) is 1.22. The maximum Gasteiger partial charge on any atom is 0.227 e. The maximum atomic E-state index is 13.1. The quantitative estimate of drug-likeness (QED) is 0.765. The maximum absolute atomic E-state index is 13.1. The zero-order valence-corrected chi connectivity index (χ0v) is 17.5. The molecule has 2 saturated heterocycles. The van der Waals surface area contributed by atoms with E-state index in [1.807, 2.05) is 22.1 Å². The summed E-state index contributed by atoms with van der Waals surface area (Å²) in [5.74, 6) is 1.13. The third-order valence-electron chi connectivity index (χ3n) is 6.87. The van der Waals surface area contributed by atoms with Crippen LogP contribution < -0.4 is 0 Å². The zero-order valence-electron chi connectivity index (χ0n) is 17.5. The van der Waals surface area contributed by atoms with Crippen molar-refractivity contribution in [2.75, 3.05) is 39.3 Å². The van der Waals surface area contributed by atoms with Crippen LogP contribution in [0.2, 0.25) is 0 Å². The number of likely N-dealkylation sites (tertiary alicyclic amines) is 1. The van der Waals surface area contributed by atoms with Crippen molar-refractivity contribution in [2.45, 2.75) is 51.5 Å². The van der Waals surface area contributed by atoms with Gasteiger partial charge in [0.2, 0.25) is 11.8 Å². The van der Waals surface area contributed by atoms with Crippen LogP contribution in [-0.4, -0.2) is 70.8 Å². The van der Waals surface area contributed by atoms with E-state index in [-0.39, 0.29) is 17.7 Å². The van der Waals surface area contributed by atoms with Crippen LogP contribution in [-0.2, 0) is 16.1 Å². The average molecular weight is 399 g/mol. The highest BCUT2D eigenvalue weighted by atomic mass is 16.2. The van der Waals surface area contributed by atoms with E-state index >= 15 is 0 Å². The smallest absolute Gasteiger partial charge is 0.227 e. The highest BCUT2D eigenvalue weighted by Gasteiger charge is 2.34. The lowest BCUT2D eigenvalue weighted by Crippen LogP contribution is -2.53. The van der Waals surface area contributed by atoms with Crippen LogP contribution in [0.15, 0.2) is 24.5 Å². The van der Waals surface area contributed by atoms with Crippen molar-refractivity contribution in [3.8, 4) is 0 Å². The Balaban J connectivity index is 1.26. The van der Waals surface area contributed by atoms with Gasteiger partial charge < -0.3 is 9.80 Å². The SMILES string of the molecule is O=C1CCC(C(=O)N2CCN(Cc3cccnc3)CC2)CN1CC1CCCCC1. The van der Waals surface area contributed by atoms with E-state index in [0.717, 1.165) is 39.3 Å². The van der Waals surface area contributed by atoms with Crippen LogP contribution in [0.1, 0.15) is 50.5 Å². The number of carbonyl (C=O) groups is 2. The number of hydrogen-bond donors (Lipinski definition) is 0. The van der Waals surface area contributed by atoms with Crippen LogP contribution in [0.25, 0.3) is 0 Å². The van der Waals surface area contributed by atoms with Crippen molar-refractivity contribution in [3.63, 3.8) is 0 Å². The van der Waals surface area contributed by atoms with Crippen LogP contribution in [0, 0.1) is 11.8 Å². The molecule has 6 heteroatoms. The second kappa shape index (κ2) is 9.70. The summed E-state index contributed by atoms with van der Waals surface area (Å²) in [7, 11) is 0. The van der Waals surface area contributed by atoms with E-state index in [2.05, 4.69) is 16.0 Å². The van der Waals surface area contributed by atoms with Gasteiger partial charge >= 0.3 is 0 Å². The third-order valence-corrected chi connectivity index (χ3v) is 6.87. The van der Waals surface area contributed by atoms with Crippen molar-refractivity contribution in [1.82, 2.24) is 19.7 Å². The summed E-state index contributed by atoms with van der Waals surface area (Å²) >= 11 is 0. The highest BCUT2D eigenvalue weighted by Crippen LogP contribution is 2.27. The fourth-order valence-electron chi connectivity index (χ4n) is 5.11. The minimum Gasteiger partial charge on any atom is -0.342 e. The molecule has 2 aliphatic heterocycles. The molecule has 4 rings (SSSR count).